The number of rotatable bonds is 5. The SMILES string of the molecule is NCC1CCCCC1Nc1c(Cl)cnn(CC2CC2)c1=O. The van der Waals surface area contributed by atoms with Crippen molar-refractivity contribution in [2.45, 2.75) is 51.1 Å². The summed E-state index contributed by atoms with van der Waals surface area (Å²) < 4.78 is 1.55. The molecule has 1 aromatic rings. The van der Waals surface area contributed by atoms with Crippen LogP contribution in [0.15, 0.2) is 11.0 Å². The number of hydrogen-bond acceptors (Lipinski definition) is 4. The first-order valence-electron chi connectivity index (χ1n) is 7.91. The van der Waals surface area contributed by atoms with Crippen LogP contribution in [0.2, 0.25) is 5.02 Å². The van der Waals surface area contributed by atoms with Gasteiger partial charge in [-0.2, -0.15) is 5.10 Å². The molecule has 0 amide bonds. The summed E-state index contributed by atoms with van der Waals surface area (Å²) in [5.41, 5.74) is 6.26. The number of anilines is 1. The number of nitrogens with one attached hydrogen (secondary N) is 1. The summed E-state index contributed by atoms with van der Waals surface area (Å²) >= 11 is 6.19. The molecular weight excluding hydrogens is 288 g/mol. The van der Waals surface area contributed by atoms with E-state index in [1.807, 2.05) is 0 Å². The van der Waals surface area contributed by atoms with Crippen molar-refractivity contribution in [2.24, 2.45) is 17.6 Å². The maximum Gasteiger partial charge on any atom is 0.291 e. The largest absolute Gasteiger partial charge is 0.376 e. The molecule has 1 aromatic heterocycles. The molecule has 1 heterocycles. The third-order valence-corrected chi connectivity index (χ3v) is 4.95. The van der Waals surface area contributed by atoms with Gasteiger partial charge in [-0.25, -0.2) is 4.68 Å². The van der Waals surface area contributed by atoms with Crippen LogP contribution in [0, 0.1) is 11.8 Å². The standard InChI is InChI=1S/C15H23ClN4O/c16-12-8-18-20(9-10-5-6-10)15(21)14(12)19-13-4-2-1-3-11(13)7-17/h8,10-11,13,19H,1-7,9,17H2. The third kappa shape index (κ3) is 3.40. The Hall–Kier alpha value is -1.07. The molecule has 116 valence electrons. The summed E-state index contributed by atoms with van der Waals surface area (Å²) in [5.74, 6) is 1.02. The smallest absolute Gasteiger partial charge is 0.291 e. The first-order chi connectivity index (χ1) is 10.2. The molecule has 0 aliphatic heterocycles. The minimum Gasteiger partial charge on any atom is -0.376 e. The average molecular weight is 311 g/mol. The number of nitrogens with two attached hydrogens (primary N) is 1. The molecule has 2 unspecified atom stereocenters. The highest BCUT2D eigenvalue weighted by molar-refractivity contribution is 6.33. The van der Waals surface area contributed by atoms with Crippen LogP contribution in [0.1, 0.15) is 38.5 Å². The lowest BCUT2D eigenvalue weighted by Gasteiger charge is -2.32. The molecule has 0 radical (unpaired) electrons. The van der Waals surface area contributed by atoms with Crippen molar-refractivity contribution in [2.75, 3.05) is 11.9 Å². The Morgan fingerprint density at radius 1 is 1.33 bits per heavy atom. The molecule has 5 nitrogen and oxygen atoms in total. The first-order valence-corrected chi connectivity index (χ1v) is 8.29. The topological polar surface area (TPSA) is 72.9 Å². The highest BCUT2D eigenvalue weighted by Crippen LogP contribution is 2.31. The molecule has 2 aliphatic rings. The fourth-order valence-corrected chi connectivity index (χ4v) is 3.32. The summed E-state index contributed by atoms with van der Waals surface area (Å²) in [6.45, 7) is 1.35. The summed E-state index contributed by atoms with van der Waals surface area (Å²) in [6.07, 6.45) is 8.52. The van der Waals surface area contributed by atoms with E-state index in [9.17, 15) is 4.79 Å². The van der Waals surface area contributed by atoms with E-state index in [2.05, 4.69) is 10.4 Å². The molecule has 6 heteroatoms. The van der Waals surface area contributed by atoms with E-state index in [0.717, 1.165) is 12.8 Å². The zero-order valence-corrected chi connectivity index (χ0v) is 13.0. The van der Waals surface area contributed by atoms with Crippen molar-refractivity contribution in [3.63, 3.8) is 0 Å². The van der Waals surface area contributed by atoms with Gasteiger partial charge in [0.25, 0.3) is 5.56 Å². The Bertz CT molecular complexity index is 555. The summed E-state index contributed by atoms with van der Waals surface area (Å²) in [4.78, 5) is 12.5. The zero-order chi connectivity index (χ0) is 14.8. The number of nitrogens with zero attached hydrogens (tertiary/aromatic N) is 2. The molecule has 0 spiro atoms. The lowest BCUT2D eigenvalue weighted by atomic mass is 9.84. The van der Waals surface area contributed by atoms with Gasteiger partial charge in [-0.05, 0) is 44.1 Å². The summed E-state index contributed by atoms with van der Waals surface area (Å²) in [6, 6.07) is 0.241. The summed E-state index contributed by atoms with van der Waals surface area (Å²) in [5, 5.41) is 7.94. The Balaban J connectivity index is 1.81. The molecule has 21 heavy (non-hydrogen) atoms. The van der Waals surface area contributed by atoms with Gasteiger partial charge in [-0.3, -0.25) is 4.79 Å². The monoisotopic (exact) mass is 310 g/mol. The number of aromatic nitrogens is 2. The molecular formula is C15H23ClN4O. The Kier molecular flexibility index (Phi) is 4.50. The lowest BCUT2D eigenvalue weighted by molar-refractivity contribution is 0.332. The van der Waals surface area contributed by atoms with Gasteiger partial charge in [0.15, 0.2) is 0 Å². The van der Waals surface area contributed by atoms with E-state index >= 15 is 0 Å². The summed E-state index contributed by atoms with van der Waals surface area (Å²) in [7, 11) is 0. The van der Waals surface area contributed by atoms with E-state index in [0.29, 0.717) is 35.6 Å². The predicted octanol–water partition coefficient (Wildman–Crippen LogP) is 2.24. The van der Waals surface area contributed by atoms with Crippen LogP contribution in [-0.4, -0.2) is 22.4 Å². The van der Waals surface area contributed by atoms with Crippen LogP contribution in [0.3, 0.4) is 0 Å². The van der Waals surface area contributed by atoms with E-state index in [-0.39, 0.29) is 11.6 Å². The molecule has 3 rings (SSSR count). The van der Waals surface area contributed by atoms with Gasteiger partial charge in [0.1, 0.15) is 5.69 Å². The zero-order valence-electron chi connectivity index (χ0n) is 12.2. The minimum absolute atomic E-state index is 0.101. The molecule has 2 atom stereocenters. The van der Waals surface area contributed by atoms with Crippen molar-refractivity contribution in [3.8, 4) is 0 Å². The fraction of sp³-hybridized carbons (Fsp3) is 0.733. The Morgan fingerprint density at radius 3 is 2.81 bits per heavy atom. The molecule has 2 saturated carbocycles. The van der Waals surface area contributed by atoms with Crippen molar-refractivity contribution >= 4 is 17.3 Å². The maximum absolute atomic E-state index is 12.5. The molecule has 0 bridgehead atoms. The lowest BCUT2D eigenvalue weighted by Crippen LogP contribution is -2.39. The van der Waals surface area contributed by atoms with Gasteiger partial charge in [-0.1, -0.05) is 24.4 Å². The number of hydrogen-bond donors (Lipinski definition) is 2. The van der Waals surface area contributed by atoms with Gasteiger partial charge in [0, 0.05) is 12.6 Å². The molecule has 0 aromatic carbocycles. The van der Waals surface area contributed by atoms with Gasteiger partial charge in [0.05, 0.1) is 11.2 Å². The van der Waals surface area contributed by atoms with Crippen molar-refractivity contribution in [1.82, 2.24) is 9.78 Å². The molecule has 0 saturated heterocycles. The van der Waals surface area contributed by atoms with Gasteiger partial charge in [0.2, 0.25) is 0 Å². The van der Waals surface area contributed by atoms with E-state index in [4.69, 9.17) is 17.3 Å². The van der Waals surface area contributed by atoms with Crippen molar-refractivity contribution in [3.05, 3.63) is 21.6 Å². The van der Waals surface area contributed by atoms with Crippen LogP contribution in [0.25, 0.3) is 0 Å². The van der Waals surface area contributed by atoms with Crippen molar-refractivity contribution < 1.29 is 0 Å². The normalized spacial score (nSPS) is 25.8. The average Bonchev–Trinajstić information content (AvgIpc) is 3.31. The quantitative estimate of drug-likeness (QED) is 0.875. The highest BCUT2D eigenvalue weighted by Gasteiger charge is 2.27. The second-order valence-electron chi connectivity index (χ2n) is 6.33. The predicted molar refractivity (Wildman–Crippen MR) is 84.7 cm³/mol. The van der Waals surface area contributed by atoms with E-state index in [1.54, 1.807) is 10.9 Å². The number of halogens is 1. The van der Waals surface area contributed by atoms with Crippen LogP contribution in [0.5, 0.6) is 0 Å². The minimum atomic E-state index is -0.101. The van der Waals surface area contributed by atoms with Crippen molar-refractivity contribution in [1.29, 1.82) is 0 Å². The van der Waals surface area contributed by atoms with Crippen LogP contribution in [0.4, 0.5) is 5.69 Å². The first kappa shape index (κ1) is 14.9. The molecule has 2 fully saturated rings. The highest BCUT2D eigenvalue weighted by atomic mass is 35.5. The Labute approximate surface area is 129 Å². The third-order valence-electron chi connectivity index (χ3n) is 4.67. The van der Waals surface area contributed by atoms with Crippen LogP contribution < -0.4 is 16.6 Å². The molecule has 2 aliphatic carbocycles. The Morgan fingerprint density at radius 2 is 2.10 bits per heavy atom. The van der Waals surface area contributed by atoms with Gasteiger partial charge >= 0.3 is 0 Å². The van der Waals surface area contributed by atoms with E-state index in [1.165, 1.54) is 25.7 Å². The molecule has 3 N–H and O–H groups in total. The maximum atomic E-state index is 12.5. The van der Waals surface area contributed by atoms with Gasteiger partial charge in [-0.15, -0.1) is 0 Å². The second-order valence-corrected chi connectivity index (χ2v) is 6.74. The van der Waals surface area contributed by atoms with Crippen LogP contribution >= 0.6 is 11.6 Å². The van der Waals surface area contributed by atoms with E-state index < -0.39 is 0 Å². The second kappa shape index (κ2) is 6.36. The fourth-order valence-electron chi connectivity index (χ4n) is 3.14. The van der Waals surface area contributed by atoms with Gasteiger partial charge < -0.3 is 11.1 Å². The van der Waals surface area contributed by atoms with Crippen LogP contribution in [-0.2, 0) is 6.54 Å².